The number of para-hydroxylation sites is 1. The molecular weight excluding hydrogens is 734 g/mol. The maximum absolute atomic E-state index is 13.2. The standard InChI is InChI=1S/C30H20I2N4O4/c31-25-14-20(15-26(32)29(25)40-18-19-7-6-10-22(13-19)36(38)39)17-33-35-30(37)24-16-28(21-8-2-1-3-9-21)34-27-12-5-4-11-23(24)27/h1-17H,18H2,(H,35,37)/b33-17+. The number of aromatic nitrogens is 1. The third-order valence-corrected chi connectivity index (χ3v) is 7.54. The molecule has 10 heteroatoms. The molecule has 40 heavy (non-hydrogen) atoms. The van der Waals surface area contributed by atoms with E-state index in [1.165, 1.54) is 12.1 Å². The number of halogens is 2. The molecule has 1 N–H and O–H groups in total. The van der Waals surface area contributed by atoms with Crippen molar-refractivity contribution in [2.24, 2.45) is 5.10 Å². The summed E-state index contributed by atoms with van der Waals surface area (Å²) in [4.78, 5) is 28.5. The lowest BCUT2D eigenvalue weighted by atomic mass is 10.0. The fourth-order valence-electron chi connectivity index (χ4n) is 4.05. The molecule has 0 saturated heterocycles. The van der Waals surface area contributed by atoms with Crippen molar-refractivity contribution >= 4 is 73.9 Å². The van der Waals surface area contributed by atoms with Crippen LogP contribution in [0, 0.1) is 17.3 Å². The summed E-state index contributed by atoms with van der Waals surface area (Å²) in [6.45, 7) is 0.196. The molecule has 8 nitrogen and oxygen atoms in total. The van der Waals surface area contributed by atoms with Crippen molar-refractivity contribution in [1.29, 1.82) is 0 Å². The average molecular weight is 754 g/mol. The van der Waals surface area contributed by atoms with Crippen LogP contribution in [-0.2, 0) is 6.61 Å². The van der Waals surface area contributed by atoms with Crippen LogP contribution in [0.5, 0.6) is 5.75 Å². The molecule has 0 spiro atoms. The Labute approximate surface area is 256 Å². The Morgan fingerprint density at radius 1 is 0.950 bits per heavy atom. The zero-order valence-electron chi connectivity index (χ0n) is 20.8. The van der Waals surface area contributed by atoms with Gasteiger partial charge in [-0.1, -0.05) is 60.7 Å². The van der Waals surface area contributed by atoms with Crippen molar-refractivity contribution < 1.29 is 14.5 Å². The predicted molar refractivity (Wildman–Crippen MR) is 172 cm³/mol. The lowest BCUT2D eigenvalue weighted by Gasteiger charge is -2.11. The molecule has 5 aromatic rings. The van der Waals surface area contributed by atoms with Crippen molar-refractivity contribution in [3.63, 3.8) is 0 Å². The van der Waals surface area contributed by atoms with Crippen LogP contribution in [0.4, 0.5) is 5.69 Å². The summed E-state index contributed by atoms with van der Waals surface area (Å²) in [6, 6.07) is 29.1. The highest BCUT2D eigenvalue weighted by atomic mass is 127. The van der Waals surface area contributed by atoms with Crippen molar-refractivity contribution in [1.82, 2.24) is 10.4 Å². The van der Waals surface area contributed by atoms with E-state index < -0.39 is 4.92 Å². The Kier molecular flexibility index (Phi) is 8.65. The van der Waals surface area contributed by atoms with Gasteiger partial charge in [-0.15, -0.1) is 0 Å². The second-order valence-corrected chi connectivity index (χ2v) is 11.0. The van der Waals surface area contributed by atoms with E-state index in [0.717, 1.165) is 29.2 Å². The van der Waals surface area contributed by atoms with Gasteiger partial charge in [0.05, 0.1) is 35.1 Å². The minimum atomic E-state index is -0.427. The maximum Gasteiger partial charge on any atom is 0.272 e. The first-order valence-corrected chi connectivity index (χ1v) is 14.2. The average Bonchev–Trinajstić information content (AvgIpc) is 2.96. The number of amides is 1. The van der Waals surface area contributed by atoms with Crippen molar-refractivity contribution in [2.45, 2.75) is 6.61 Å². The van der Waals surface area contributed by atoms with E-state index >= 15 is 0 Å². The molecule has 0 aliphatic carbocycles. The zero-order valence-corrected chi connectivity index (χ0v) is 25.1. The Morgan fingerprint density at radius 2 is 1.68 bits per heavy atom. The number of carbonyl (C=O) groups is 1. The molecule has 5 rings (SSSR count). The van der Waals surface area contributed by atoms with E-state index in [4.69, 9.17) is 9.72 Å². The number of ether oxygens (including phenoxy) is 1. The summed E-state index contributed by atoms with van der Waals surface area (Å²) in [5.74, 6) is 0.332. The van der Waals surface area contributed by atoms with Gasteiger partial charge in [-0.2, -0.15) is 5.10 Å². The summed E-state index contributed by atoms with van der Waals surface area (Å²) in [7, 11) is 0. The van der Waals surface area contributed by atoms with E-state index in [1.54, 1.807) is 24.4 Å². The number of nitro groups is 1. The molecule has 0 bridgehead atoms. The van der Waals surface area contributed by atoms with Gasteiger partial charge < -0.3 is 4.74 Å². The molecule has 0 saturated carbocycles. The number of nitrogens with zero attached hydrogens (tertiary/aromatic N) is 3. The van der Waals surface area contributed by atoms with Gasteiger partial charge in [0.15, 0.2) is 0 Å². The van der Waals surface area contributed by atoms with Gasteiger partial charge in [0.25, 0.3) is 11.6 Å². The van der Waals surface area contributed by atoms with E-state index in [0.29, 0.717) is 22.6 Å². The fraction of sp³-hybridized carbons (Fsp3) is 0.0333. The molecule has 4 aromatic carbocycles. The van der Waals surface area contributed by atoms with E-state index in [9.17, 15) is 14.9 Å². The number of non-ortho nitro benzene ring substituents is 1. The fourth-order valence-corrected chi connectivity index (χ4v) is 6.18. The quantitative estimate of drug-likeness (QED) is 0.0772. The number of nitro benzene ring substituents is 1. The molecule has 0 atom stereocenters. The largest absolute Gasteiger partial charge is 0.487 e. The van der Waals surface area contributed by atoms with Gasteiger partial charge >= 0.3 is 0 Å². The lowest BCUT2D eigenvalue weighted by Crippen LogP contribution is -2.18. The number of nitrogens with one attached hydrogen (secondary N) is 1. The van der Waals surface area contributed by atoms with Crippen LogP contribution in [0.3, 0.4) is 0 Å². The summed E-state index contributed by atoms with van der Waals surface area (Å²) in [6.07, 6.45) is 1.58. The van der Waals surface area contributed by atoms with Gasteiger partial charge in [0.1, 0.15) is 12.4 Å². The maximum atomic E-state index is 13.2. The lowest BCUT2D eigenvalue weighted by molar-refractivity contribution is -0.384. The summed E-state index contributed by atoms with van der Waals surface area (Å²) < 4.78 is 7.66. The number of rotatable bonds is 8. The first-order chi connectivity index (χ1) is 19.4. The molecule has 1 amide bonds. The zero-order chi connectivity index (χ0) is 28.1. The highest BCUT2D eigenvalue weighted by Gasteiger charge is 2.14. The Bertz CT molecular complexity index is 1740. The van der Waals surface area contributed by atoms with Crippen molar-refractivity contribution in [3.05, 3.63) is 131 Å². The predicted octanol–water partition coefficient (Wildman–Crippen LogP) is 7.36. The highest BCUT2D eigenvalue weighted by Crippen LogP contribution is 2.30. The number of benzene rings is 4. The summed E-state index contributed by atoms with van der Waals surface area (Å²) >= 11 is 4.34. The van der Waals surface area contributed by atoms with Gasteiger partial charge in [-0.25, -0.2) is 10.4 Å². The first-order valence-electron chi connectivity index (χ1n) is 12.0. The Hall–Kier alpha value is -3.91. The third-order valence-electron chi connectivity index (χ3n) is 5.94. The van der Waals surface area contributed by atoms with Crippen LogP contribution < -0.4 is 10.2 Å². The van der Waals surface area contributed by atoms with Gasteiger partial charge in [-0.3, -0.25) is 14.9 Å². The number of hydrogen-bond acceptors (Lipinski definition) is 6. The second kappa shape index (κ2) is 12.5. The molecular formula is C30H20I2N4O4. The van der Waals surface area contributed by atoms with Gasteiger partial charge in [-0.05, 0) is 80.6 Å². The molecule has 0 fully saturated rings. The molecule has 0 aliphatic rings. The molecule has 0 radical (unpaired) electrons. The third kappa shape index (κ3) is 6.45. The SMILES string of the molecule is O=C(N/N=C/c1cc(I)c(OCc2cccc([N+](=O)[O-])c2)c(I)c1)c1cc(-c2ccccc2)nc2ccccc12. The number of pyridine rings is 1. The van der Waals surface area contributed by atoms with Gasteiger partial charge in [0, 0.05) is 23.1 Å². The first kappa shape index (κ1) is 27.6. The van der Waals surface area contributed by atoms with Crippen LogP contribution >= 0.6 is 45.2 Å². The highest BCUT2D eigenvalue weighted by molar-refractivity contribution is 14.1. The topological polar surface area (TPSA) is 107 Å². The van der Waals surface area contributed by atoms with E-state index in [2.05, 4.69) is 55.7 Å². The summed E-state index contributed by atoms with van der Waals surface area (Å²) in [5.41, 5.74) is 6.98. The minimum absolute atomic E-state index is 0.0233. The molecule has 1 aromatic heterocycles. The van der Waals surface area contributed by atoms with Crippen LogP contribution in [0.25, 0.3) is 22.2 Å². The smallest absolute Gasteiger partial charge is 0.272 e. The number of fused-ring (bicyclic) bond motifs is 1. The Balaban J connectivity index is 1.31. The number of hydrogen-bond donors (Lipinski definition) is 1. The molecule has 0 unspecified atom stereocenters. The molecule has 0 aliphatic heterocycles. The molecule has 198 valence electrons. The summed E-state index contributed by atoms with van der Waals surface area (Å²) in [5, 5.41) is 16.0. The molecule has 1 heterocycles. The van der Waals surface area contributed by atoms with Crippen molar-refractivity contribution in [2.75, 3.05) is 0 Å². The number of carbonyl (C=O) groups excluding carboxylic acids is 1. The van der Waals surface area contributed by atoms with Crippen LogP contribution in [0.15, 0.2) is 102 Å². The van der Waals surface area contributed by atoms with Crippen LogP contribution in [-0.4, -0.2) is 22.0 Å². The van der Waals surface area contributed by atoms with Gasteiger partial charge in [0.2, 0.25) is 0 Å². The van der Waals surface area contributed by atoms with Crippen LogP contribution in [0.1, 0.15) is 21.5 Å². The number of hydrazone groups is 1. The van der Waals surface area contributed by atoms with E-state index in [-0.39, 0.29) is 18.2 Å². The van der Waals surface area contributed by atoms with Crippen LogP contribution in [0.2, 0.25) is 0 Å². The second-order valence-electron chi connectivity index (χ2n) is 8.67. The van der Waals surface area contributed by atoms with Crippen molar-refractivity contribution in [3.8, 4) is 17.0 Å². The normalized spacial score (nSPS) is 11.1. The monoisotopic (exact) mass is 754 g/mol. The Morgan fingerprint density at radius 3 is 2.42 bits per heavy atom. The minimum Gasteiger partial charge on any atom is -0.487 e. The van der Waals surface area contributed by atoms with E-state index in [1.807, 2.05) is 66.7 Å².